The maximum Gasteiger partial charge on any atom is 0.319 e. The lowest BCUT2D eigenvalue weighted by atomic mass is 9.99. The third-order valence-electron chi connectivity index (χ3n) is 7.65. The molecule has 0 spiro atoms. The van der Waals surface area contributed by atoms with E-state index in [9.17, 15) is 9.90 Å². The Labute approximate surface area is 236 Å². The molecule has 8 heteroatoms. The first kappa shape index (κ1) is 28.3. The van der Waals surface area contributed by atoms with Gasteiger partial charge in [-0.1, -0.05) is 66.7 Å². The van der Waals surface area contributed by atoms with Crippen molar-refractivity contribution in [2.45, 2.75) is 57.0 Å². The number of hydrogen-bond acceptors (Lipinski definition) is 6. The van der Waals surface area contributed by atoms with Crippen molar-refractivity contribution >= 4 is 11.7 Å². The number of anilines is 1. The molecule has 5 rings (SSSR count). The zero-order valence-corrected chi connectivity index (χ0v) is 23.0. The number of nitrogens with zero attached hydrogens (tertiary/aromatic N) is 1. The fraction of sp³-hybridized carbons (Fsp3) is 0.406. The SMILES string of the molecule is COC[C@@H]1CCCN1C[C@H]1C[C@@H](c2ccc(CO)cc2)O[C@@H](c2ccc(NC(=O)NCc3ccccc3)cc2)O1. The average molecular weight is 546 g/mol. The molecule has 3 aromatic rings. The summed E-state index contributed by atoms with van der Waals surface area (Å²) in [4.78, 5) is 14.9. The zero-order valence-electron chi connectivity index (χ0n) is 23.0. The number of nitrogens with one attached hydrogen (secondary N) is 2. The first-order valence-corrected chi connectivity index (χ1v) is 14.0. The maximum atomic E-state index is 12.4. The van der Waals surface area contributed by atoms with Gasteiger partial charge >= 0.3 is 6.03 Å². The summed E-state index contributed by atoms with van der Waals surface area (Å²) in [7, 11) is 1.76. The fourth-order valence-corrected chi connectivity index (χ4v) is 5.49. The van der Waals surface area contributed by atoms with Gasteiger partial charge < -0.3 is 30.0 Å². The Morgan fingerprint density at radius 1 is 0.975 bits per heavy atom. The van der Waals surface area contributed by atoms with Gasteiger partial charge in [-0.3, -0.25) is 4.90 Å². The highest BCUT2D eigenvalue weighted by Crippen LogP contribution is 2.39. The van der Waals surface area contributed by atoms with Crippen molar-refractivity contribution in [1.82, 2.24) is 10.2 Å². The summed E-state index contributed by atoms with van der Waals surface area (Å²) in [5.74, 6) is 0. The topological polar surface area (TPSA) is 92.3 Å². The van der Waals surface area contributed by atoms with E-state index in [4.69, 9.17) is 14.2 Å². The highest BCUT2D eigenvalue weighted by molar-refractivity contribution is 5.89. The lowest BCUT2D eigenvalue weighted by molar-refractivity contribution is -0.253. The van der Waals surface area contributed by atoms with E-state index in [1.54, 1.807) is 7.11 Å². The number of urea groups is 1. The third kappa shape index (κ3) is 7.47. The minimum absolute atomic E-state index is 0.0136. The van der Waals surface area contributed by atoms with Crippen LogP contribution in [0.5, 0.6) is 0 Å². The molecular weight excluding hydrogens is 506 g/mol. The van der Waals surface area contributed by atoms with Crippen LogP contribution in [0, 0.1) is 0 Å². The summed E-state index contributed by atoms with van der Waals surface area (Å²) >= 11 is 0. The van der Waals surface area contributed by atoms with Crippen molar-refractivity contribution < 1.29 is 24.1 Å². The van der Waals surface area contributed by atoms with E-state index in [1.807, 2.05) is 78.9 Å². The number of carbonyl (C=O) groups excluding carboxylic acids is 1. The Bertz CT molecular complexity index is 1210. The molecule has 4 atom stereocenters. The molecular formula is C32H39N3O5. The highest BCUT2D eigenvalue weighted by Gasteiger charge is 2.35. The van der Waals surface area contributed by atoms with Crippen LogP contribution in [-0.2, 0) is 27.4 Å². The van der Waals surface area contributed by atoms with Crippen LogP contribution in [0.1, 0.15) is 53.9 Å². The van der Waals surface area contributed by atoms with Gasteiger partial charge in [0.25, 0.3) is 0 Å². The number of aliphatic hydroxyl groups is 1. The summed E-state index contributed by atoms with van der Waals surface area (Å²) in [5, 5.41) is 15.2. The lowest BCUT2D eigenvalue weighted by Gasteiger charge is -2.38. The molecule has 2 fully saturated rings. The number of amides is 2. The Morgan fingerprint density at radius 2 is 1.73 bits per heavy atom. The Balaban J connectivity index is 1.25. The van der Waals surface area contributed by atoms with Crippen molar-refractivity contribution in [3.63, 3.8) is 0 Å². The van der Waals surface area contributed by atoms with Gasteiger partial charge in [0.05, 0.1) is 25.4 Å². The lowest BCUT2D eigenvalue weighted by Crippen LogP contribution is -2.42. The minimum atomic E-state index is -0.536. The zero-order chi connectivity index (χ0) is 27.7. The van der Waals surface area contributed by atoms with Gasteiger partial charge in [0.15, 0.2) is 6.29 Å². The number of methoxy groups -OCH3 is 1. The predicted octanol–water partition coefficient (Wildman–Crippen LogP) is 5.16. The van der Waals surface area contributed by atoms with E-state index >= 15 is 0 Å². The smallest absolute Gasteiger partial charge is 0.319 e. The number of benzene rings is 3. The molecule has 8 nitrogen and oxygen atoms in total. The second kappa shape index (κ2) is 13.9. The predicted molar refractivity (Wildman–Crippen MR) is 154 cm³/mol. The van der Waals surface area contributed by atoms with Gasteiger partial charge in [-0.2, -0.15) is 0 Å². The fourth-order valence-electron chi connectivity index (χ4n) is 5.49. The monoisotopic (exact) mass is 545 g/mol. The van der Waals surface area contributed by atoms with Gasteiger partial charge in [-0.05, 0) is 48.2 Å². The standard InChI is InChI=1S/C32H39N3O5/c1-38-22-28-8-5-17-35(28)20-29-18-30(25-11-9-24(21-36)10-12-25)40-31(39-29)26-13-15-27(16-14-26)34-32(37)33-19-23-6-3-2-4-7-23/h2-4,6-7,9-16,28-31,36H,5,8,17-22H2,1H3,(H2,33,34,37)/t28-,29+,30-,31-/m0/s1. The van der Waals surface area contributed by atoms with Crippen LogP contribution in [0.15, 0.2) is 78.9 Å². The summed E-state index contributed by atoms with van der Waals surface area (Å²) in [5.41, 5.74) is 4.57. The second-order valence-electron chi connectivity index (χ2n) is 10.5. The molecule has 0 saturated carbocycles. The Kier molecular flexibility index (Phi) is 9.81. The van der Waals surface area contributed by atoms with E-state index in [0.29, 0.717) is 18.3 Å². The minimum Gasteiger partial charge on any atom is -0.392 e. The molecule has 2 heterocycles. The molecule has 40 heavy (non-hydrogen) atoms. The third-order valence-corrected chi connectivity index (χ3v) is 7.65. The summed E-state index contributed by atoms with van der Waals surface area (Å²) in [6.07, 6.45) is 2.36. The molecule has 2 aliphatic rings. The van der Waals surface area contributed by atoms with Gasteiger partial charge in [0.1, 0.15) is 0 Å². The van der Waals surface area contributed by atoms with E-state index in [-0.39, 0.29) is 24.8 Å². The van der Waals surface area contributed by atoms with E-state index < -0.39 is 6.29 Å². The van der Waals surface area contributed by atoms with Crippen molar-refractivity contribution in [3.05, 3.63) is 101 Å². The molecule has 0 unspecified atom stereocenters. The van der Waals surface area contributed by atoms with Gasteiger partial charge in [-0.25, -0.2) is 4.79 Å². The van der Waals surface area contributed by atoms with Crippen LogP contribution in [-0.4, -0.2) is 55.0 Å². The number of rotatable bonds is 10. The summed E-state index contributed by atoms with van der Waals surface area (Å²) in [6.45, 7) is 3.06. The van der Waals surface area contributed by atoms with Crippen molar-refractivity contribution in [2.24, 2.45) is 0 Å². The molecule has 212 valence electrons. The van der Waals surface area contributed by atoms with E-state index in [0.717, 1.165) is 54.8 Å². The van der Waals surface area contributed by atoms with Crippen molar-refractivity contribution in [3.8, 4) is 0 Å². The van der Waals surface area contributed by atoms with Gasteiger partial charge in [0.2, 0.25) is 0 Å². The number of carbonyl (C=O) groups is 1. The van der Waals surface area contributed by atoms with Crippen LogP contribution < -0.4 is 10.6 Å². The molecule has 2 saturated heterocycles. The summed E-state index contributed by atoms with van der Waals surface area (Å²) < 4.78 is 18.5. The van der Waals surface area contributed by atoms with Gasteiger partial charge in [-0.15, -0.1) is 0 Å². The van der Waals surface area contributed by atoms with Crippen molar-refractivity contribution in [1.29, 1.82) is 0 Å². The Hall–Kier alpha value is -3.27. The van der Waals surface area contributed by atoms with Crippen LogP contribution in [0.25, 0.3) is 0 Å². The normalized spacial score (nSPS) is 23.1. The largest absolute Gasteiger partial charge is 0.392 e. The van der Waals surface area contributed by atoms with E-state index in [2.05, 4.69) is 15.5 Å². The summed E-state index contributed by atoms with van der Waals surface area (Å²) in [6, 6.07) is 25.5. The number of likely N-dealkylation sites (tertiary alicyclic amines) is 1. The van der Waals surface area contributed by atoms with Gasteiger partial charge in [0, 0.05) is 43.9 Å². The number of hydrogen-bond donors (Lipinski definition) is 3. The second-order valence-corrected chi connectivity index (χ2v) is 10.5. The maximum absolute atomic E-state index is 12.4. The van der Waals surface area contributed by atoms with Crippen LogP contribution in [0.4, 0.5) is 10.5 Å². The molecule has 0 aliphatic carbocycles. The van der Waals surface area contributed by atoms with Crippen molar-refractivity contribution in [2.75, 3.05) is 32.1 Å². The molecule has 2 amide bonds. The van der Waals surface area contributed by atoms with Crippen LogP contribution >= 0.6 is 0 Å². The molecule has 0 radical (unpaired) electrons. The van der Waals surface area contributed by atoms with Crippen LogP contribution in [0.2, 0.25) is 0 Å². The molecule has 3 N–H and O–H groups in total. The molecule has 3 aromatic carbocycles. The number of aliphatic hydroxyl groups excluding tert-OH is 1. The first-order chi connectivity index (χ1) is 19.6. The molecule has 2 aliphatic heterocycles. The van der Waals surface area contributed by atoms with E-state index in [1.165, 1.54) is 6.42 Å². The van der Waals surface area contributed by atoms with Crippen LogP contribution in [0.3, 0.4) is 0 Å². The average Bonchev–Trinajstić information content (AvgIpc) is 3.43. The molecule has 0 bridgehead atoms. The molecule has 0 aromatic heterocycles. The number of ether oxygens (including phenoxy) is 3. The Morgan fingerprint density at radius 3 is 2.45 bits per heavy atom. The highest BCUT2D eigenvalue weighted by atomic mass is 16.7. The quantitative estimate of drug-likeness (QED) is 0.326. The first-order valence-electron chi connectivity index (χ1n) is 14.0.